The van der Waals surface area contributed by atoms with E-state index in [1.807, 2.05) is 20.8 Å². The second kappa shape index (κ2) is 5.97. The molecule has 106 valence electrons. The maximum absolute atomic E-state index is 11.7. The minimum Gasteiger partial charge on any atom is -0.311 e. The lowest BCUT2D eigenvalue weighted by atomic mass is 10.1. The molecular formula is C13H21N3O3. The van der Waals surface area contributed by atoms with Crippen LogP contribution in [0.5, 0.6) is 0 Å². The Morgan fingerprint density at radius 3 is 2.53 bits per heavy atom. The number of nitrogens with one attached hydrogen (secondary N) is 2. The quantitative estimate of drug-likeness (QED) is 0.802. The third-order valence-corrected chi connectivity index (χ3v) is 2.41. The topological polar surface area (TPSA) is 84.1 Å². The summed E-state index contributed by atoms with van der Waals surface area (Å²) in [5, 5.41) is 0. The first-order valence-corrected chi connectivity index (χ1v) is 6.22. The Morgan fingerprint density at radius 1 is 1.37 bits per heavy atom. The van der Waals surface area contributed by atoms with Gasteiger partial charge >= 0.3 is 0 Å². The Balaban J connectivity index is 2.58. The first-order valence-electron chi connectivity index (χ1n) is 6.22. The van der Waals surface area contributed by atoms with Crippen LogP contribution in [0.4, 0.5) is 0 Å². The number of carbonyl (C=O) groups excluding carboxylic acids is 1. The number of aromatic amines is 1. The Labute approximate surface area is 112 Å². The molecule has 0 aliphatic heterocycles. The van der Waals surface area contributed by atoms with Crippen molar-refractivity contribution < 1.29 is 9.63 Å². The van der Waals surface area contributed by atoms with Crippen molar-refractivity contribution in [2.45, 2.75) is 53.1 Å². The molecule has 1 amide bonds. The van der Waals surface area contributed by atoms with Gasteiger partial charge < -0.3 is 4.98 Å². The minimum absolute atomic E-state index is 0.185. The van der Waals surface area contributed by atoms with E-state index >= 15 is 0 Å². The van der Waals surface area contributed by atoms with Gasteiger partial charge in [-0.15, -0.1) is 0 Å². The third-order valence-electron chi connectivity index (χ3n) is 2.41. The highest BCUT2D eigenvalue weighted by molar-refractivity contribution is 5.75. The number of aromatic nitrogens is 2. The van der Waals surface area contributed by atoms with Gasteiger partial charge in [0.25, 0.3) is 5.56 Å². The van der Waals surface area contributed by atoms with Crippen LogP contribution in [0.1, 0.15) is 44.3 Å². The first-order chi connectivity index (χ1) is 8.69. The van der Waals surface area contributed by atoms with Crippen molar-refractivity contribution in [1.82, 2.24) is 15.4 Å². The van der Waals surface area contributed by atoms with Crippen molar-refractivity contribution in [3.05, 3.63) is 27.4 Å². The number of hydroxylamine groups is 1. The van der Waals surface area contributed by atoms with Gasteiger partial charge in [-0.3, -0.25) is 14.4 Å². The number of rotatable bonds is 4. The van der Waals surface area contributed by atoms with Gasteiger partial charge in [-0.25, -0.2) is 10.5 Å². The standard InChI is InChI=1S/C13H21N3O3/c1-8-10(12(18)15-9(2)14-8)6-7-11(17)16-19-13(3,4)5/h6-7H2,1-5H3,(H,16,17)(H,14,15,18). The lowest BCUT2D eigenvalue weighted by Gasteiger charge is -2.18. The fraction of sp³-hybridized carbons (Fsp3) is 0.615. The molecule has 6 heteroatoms. The third kappa shape index (κ3) is 5.21. The van der Waals surface area contributed by atoms with Gasteiger partial charge in [0.05, 0.1) is 5.60 Å². The molecule has 6 nitrogen and oxygen atoms in total. The van der Waals surface area contributed by atoms with Gasteiger partial charge in [-0.1, -0.05) is 0 Å². The molecule has 0 unspecified atom stereocenters. The molecule has 1 heterocycles. The lowest BCUT2D eigenvalue weighted by Crippen LogP contribution is -2.34. The summed E-state index contributed by atoms with van der Waals surface area (Å²) in [6.07, 6.45) is 0.526. The second-order valence-corrected chi connectivity index (χ2v) is 5.45. The average molecular weight is 267 g/mol. The zero-order valence-electron chi connectivity index (χ0n) is 12.1. The fourth-order valence-electron chi connectivity index (χ4n) is 1.55. The zero-order valence-corrected chi connectivity index (χ0v) is 12.1. The Kier molecular flexibility index (Phi) is 4.83. The Morgan fingerprint density at radius 2 is 2.00 bits per heavy atom. The van der Waals surface area contributed by atoms with Crippen LogP contribution < -0.4 is 11.0 Å². The molecule has 0 bridgehead atoms. The molecule has 2 N–H and O–H groups in total. The van der Waals surface area contributed by atoms with Crippen molar-refractivity contribution >= 4 is 5.91 Å². The summed E-state index contributed by atoms with van der Waals surface area (Å²) in [6.45, 7) is 9.01. The molecule has 0 saturated heterocycles. The lowest BCUT2D eigenvalue weighted by molar-refractivity contribution is -0.145. The molecular weight excluding hydrogens is 246 g/mol. The van der Waals surface area contributed by atoms with E-state index in [4.69, 9.17) is 4.84 Å². The predicted molar refractivity (Wildman–Crippen MR) is 71.6 cm³/mol. The van der Waals surface area contributed by atoms with E-state index in [9.17, 15) is 9.59 Å². The molecule has 1 aromatic rings. The largest absolute Gasteiger partial charge is 0.311 e. The van der Waals surface area contributed by atoms with Crippen molar-refractivity contribution in [2.24, 2.45) is 0 Å². The number of H-pyrrole nitrogens is 1. The fourth-order valence-corrected chi connectivity index (χ4v) is 1.55. The number of hydrogen-bond donors (Lipinski definition) is 2. The van der Waals surface area contributed by atoms with Gasteiger partial charge in [-0.05, 0) is 41.0 Å². The summed E-state index contributed by atoms with van der Waals surface area (Å²) < 4.78 is 0. The van der Waals surface area contributed by atoms with E-state index < -0.39 is 5.60 Å². The van der Waals surface area contributed by atoms with Crippen LogP contribution in [0.3, 0.4) is 0 Å². The summed E-state index contributed by atoms with van der Waals surface area (Å²) in [4.78, 5) is 35.3. The van der Waals surface area contributed by atoms with Crippen molar-refractivity contribution in [3.8, 4) is 0 Å². The van der Waals surface area contributed by atoms with Gasteiger partial charge in [-0.2, -0.15) is 0 Å². The van der Waals surface area contributed by atoms with Crippen LogP contribution >= 0.6 is 0 Å². The first kappa shape index (κ1) is 15.4. The highest BCUT2D eigenvalue weighted by Crippen LogP contribution is 2.05. The van der Waals surface area contributed by atoms with Crippen molar-refractivity contribution in [3.63, 3.8) is 0 Å². The molecule has 0 aliphatic rings. The number of nitrogens with zero attached hydrogens (tertiary/aromatic N) is 1. The normalized spacial score (nSPS) is 11.4. The van der Waals surface area contributed by atoms with E-state index in [0.717, 1.165) is 0 Å². The van der Waals surface area contributed by atoms with Crippen LogP contribution in [0.25, 0.3) is 0 Å². The van der Waals surface area contributed by atoms with Crippen LogP contribution in [-0.2, 0) is 16.1 Å². The molecule has 0 fully saturated rings. The molecule has 0 radical (unpaired) electrons. The van der Waals surface area contributed by atoms with Crippen LogP contribution in [0.15, 0.2) is 4.79 Å². The number of carbonyl (C=O) groups is 1. The SMILES string of the molecule is Cc1nc(C)c(CCC(=O)NOC(C)(C)C)c(=O)[nH]1. The highest BCUT2D eigenvalue weighted by Gasteiger charge is 2.14. The van der Waals surface area contributed by atoms with E-state index in [-0.39, 0.29) is 17.9 Å². The molecule has 0 atom stereocenters. The summed E-state index contributed by atoms with van der Waals surface area (Å²) in [7, 11) is 0. The number of hydrogen-bond acceptors (Lipinski definition) is 4. The van der Waals surface area contributed by atoms with Gasteiger partial charge in [0.1, 0.15) is 5.82 Å². The van der Waals surface area contributed by atoms with Crippen LogP contribution in [-0.4, -0.2) is 21.5 Å². The molecule has 1 rings (SSSR count). The molecule has 19 heavy (non-hydrogen) atoms. The maximum atomic E-state index is 11.7. The average Bonchev–Trinajstić information content (AvgIpc) is 2.23. The zero-order chi connectivity index (χ0) is 14.6. The van der Waals surface area contributed by atoms with Crippen LogP contribution in [0, 0.1) is 13.8 Å². The summed E-state index contributed by atoms with van der Waals surface area (Å²) in [5.41, 5.74) is 2.95. The summed E-state index contributed by atoms with van der Waals surface area (Å²) in [6, 6.07) is 0. The molecule has 1 aromatic heterocycles. The summed E-state index contributed by atoms with van der Waals surface area (Å²) >= 11 is 0. The van der Waals surface area contributed by atoms with E-state index in [2.05, 4.69) is 15.4 Å². The van der Waals surface area contributed by atoms with Gasteiger partial charge in [0, 0.05) is 17.7 Å². The Bertz CT molecular complexity index is 515. The predicted octanol–water partition coefficient (Wildman–Crippen LogP) is 1.17. The number of amides is 1. The van der Waals surface area contributed by atoms with Gasteiger partial charge in [0.15, 0.2) is 0 Å². The smallest absolute Gasteiger partial charge is 0.254 e. The highest BCUT2D eigenvalue weighted by atomic mass is 16.7. The molecule has 0 aromatic carbocycles. The minimum atomic E-state index is -0.436. The molecule has 0 saturated carbocycles. The van der Waals surface area contributed by atoms with Gasteiger partial charge in [0.2, 0.25) is 5.91 Å². The van der Waals surface area contributed by atoms with E-state index in [0.29, 0.717) is 23.5 Å². The van der Waals surface area contributed by atoms with Crippen molar-refractivity contribution in [1.29, 1.82) is 0 Å². The monoisotopic (exact) mass is 267 g/mol. The second-order valence-electron chi connectivity index (χ2n) is 5.45. The number of aryl methyl sites for hydroxylation is 2. The summed E-state index contributed by atoms with van der Waals surface area (Å²) in [5.74, 6) is 0.320. The van der Waals surface area contributed by atoms with Crippen LogP contribution in [0.2, 0.25) is 0 Å². The van der Waals surface area contributed by atoms with Crippen molar-refractivity contribution in [2.75, 3.05) is 0 Å². The van der Waals surface area contributed by atoms with E-state index in [1.165, 1.54) is 0 Å². The maximum Gasteiger partial charge on any atom is 0.254 e. The Hall–Kier alpha value is -1.69. The molecule has 0 aliphatic carbocycles. The molecule has 0 spiro atoms. The van der Waals surface area contributed by atoms with E-state index in [1.54, 1.807) is 13.8 Å².